The van der Waals surface area contributed by atoms with Gasteiger partial charge in [-0.1, -0.05) is 24.3 Å². The number of anilines is 2. The second-order valence-corrected chi connectivity index (χ2v) is 6.20. The second kappa shape index (κ2) is 8.18. The van der Waals surface area contributed by atoms with Gasteiger partial charge in [0.1, 0.15) is 5.69 Å². The van der Waals surface area contributed by atoms with E-state index in [1.807, 2.05) is 24.3 Å². The molecule has 0 saturated heterocycles. The molecule has 0 spiro atoms. The van der Waals surface area contributed by atoms with Crippen molar-refractivity contribution in [3.05, 3.63) is 96.4 Å². The molecule has 0 unspecified atom stereocenters. The maximum Gasteiger partial charge on any atom is 0.274 e. The first-order valence-electron chi connectivity index (χ1n) is 8.93. The third kappa shape index (κ3) is 4.19. The Morgan fingerprint density at radius 2 is 1.52 bits per heavy atom. The lowest BCUT2D eigenvalue weighted by Gasteiger charge is -2.11. The Morgan fingerprint density at radius 1 is 0.724 bits per heavy atom. The molecule has 4 rings (SSSR count). The van der Waals surface area contributed by atoms with E-state index in [4.69, 9.17) is 0 Å². The van der Waals surface area contributed by atoms with Crippen LogP contribution in [0.4, 0.5) is 11.4 Å². The van der Waals surface area contributed by atoms with Gasteiger partial charge in [-0.2, -0.15) is 0 Å². The Hall–Kier alpha value is -4.26. The van der Waals surface area contributed by atoms with Crippen LogP contribution in [0.5, 0.6) is 0 Å². The van der Waals surface area contributed by atoms with Gasteiger partial charge in [0.05, 0.1) is 11.2 Å². The number of amides is 2. The maximum absolute atomic E-state index is 12.4. The monoisotopic (exact) mass is 383 g/mol. The molecule has 4 aromatic rings. The summed E-state index contributed by atoms with van der Waals surface area (Å²) in [5, 5.41) is 3.65. The summed E-state index contributed by atoms with van der Waals surface area (Å²) in [4.78, 5) is 32.9. The van der Waals surface area contributed by atoms with Crippen LogP contribution in [0, 0.1) is 0 Å². The number of para-hydroxylation sites is 1. The van der Waals surface area contributed by atoms with Crippen molar-refractivity contribution in [1.82, 2.24) is 15.4 Å². The molecule has 2 heterocycles. The number of benzene rings is 2. The highest BCUT2D eigenvalue weighted by atomic mass is 16.2. The van der Waals surface area contributed by atoms with Gasteiger partial charge in [0.25, 0.3) is 11.8 Å². The number of pyridine rings is 2. The molecular weight excluding hydrogens is 366 g/mol. The molecule has 2 amide bonds. The predicted octanol–water partition coefficient (Wildman–Crippen LogP) is 3.64. The zero-order valence-electron chi connectivity index (χ0n) is 15.3. The van der Waals surface area contributed by atoms with Crippen molar-refractivity contribution in [2.75, 3.05) is 10.7 Å². The van der Waals surface area contributed by atoms with Crippen molar-refractivity contribution >= 4 is 34.1 Å². The lowest BCUT2D eigenvalue weighted by Crippen LogP contribution is -2.29. The second-order valence-electron chi connectivity index (χ2n) is 6.20. The van der Waals surface area contributed by atoms with Crippen LogP contribution in [0.15, 0.2) is 85.2 Å². The molecule has 0 saturated carbocycles. The average molecular weight is 383 g/mol. The van der Waals surface area contributed by atoms with Crippen molar-refractivity contribution in [3.63, 3.8) is 0 Å². The molecule has 0 bridgehead atoms. The van der Waals surface area contributed by atoms with E-state index < -0.39 is 0 Å². The summed E-state index contributed by atoms with van der Waals surface area (Å²) in [5.74, 6) is -0.609. The number of aromatic nitrogens is 2. The minimum atomic E-state index is -0.311. The van der Waals surface area contributed by atoms with E-state index in [0.29, 0.717) is 16.9 Å². The number of rotatable bonds is 5. The third-order valence-electron chi connectivity index (χ3n) is 4.26. The Kier molecular flexibility index (Phi) is 5.11. The zero-order chi connectivity index (χ0) is 20.1. The minimum Gasteiger partial charge on any atom is -0.321 e. The number of carbonyl (C=O) groups excluding carboxylic acids is 2. The van der Waals surface area contributed by atoms with Crippen LogP contribution in [0.1, 0.15) is 20.8 Å². The molecule has 0 aliphatic carbocycles. The van der Waals surface area contributed by atoms with Crippen molar-refractivity contribution < 1.29 is 9.59 Å². The van der Waals surface area contributed by atoms with E-state index in [-0.39, 0.29) is 11.8 Å². The smallest absolute Gasteiger partial charge is 0.274 e. The Morgan fingerprint density at radius 3 is 2.31 bits per heavy atom. The average Bonchev–Trinajstić information content (AvgIpc) is 2.78. The highest BCUT2D eigenvalue weighted by Crippen LogP contribution is 2.20. The zero-order valence-corrected chi connectivity index (χ0v) is 15.3. The molecule has 29 heavy (non-hydrogen) atoms. The summed E-state index contributed by atoms with van der Waals surface area (Å²) in [6, 6.07) is 21.2. The van der Waals surface area contributed by atoms with Crippen molar-refractivity contribution in [1.29, 1.82) is 0 Å². The van der Waals surface area contributed by atoms with Crippen LogP contribution in [0.25, 0.3) is 10.9 Å². The van der Waals surface area contributed by atoms with Gasteiger partial charge in [0, 0.05) is 29.0 Å². The Balaban J connectivity index is 1.40. The number of nitrogens with zero attached hydrogens (tertiary/aromatic N) is 2. The molecule has 142 valence electrons. The van der Waals surface area contributed by atoms with E-state index in [0.717, 1.165) is 16.6 Å². The number of fused-ring (bicyclic) bond motifs is 1. The summed E-state index contributed by atoms with van der Waals surface area (Å²) in [6.45, 7) is 0. The van der Waals surface area contributed by atoms with Crippen LogP contribution < -0.4 is 16.2 Å². The highest BCUT2D eigenvalue weighted by Gasteiger charge is 2.09. The van der Waals surface area contributed by atoms with Gasteiger partial charge in [0.2, 0.25) is 0 Å². The first kappa shape index (κ1) is 18.1. The summed E-state index contributed by atoms with van der Waals surface area (Å²) >= 11 is 0. The number of hydrogen-bond donors (Lipinski definition) is 3. The molecule has 3 N–H and O–H groups in total. The molecule has 7 nitrogen and oxygen atoms in total. The summed E-state index contributed by atoms with van der Waals surface area (Å²) in [6.07, 6.45) is 3.23. The van der Waals surface area contributed by atoms with Gasteiger partial charge in [-0.25, -0.2) is 0 Å². The Labute approximate surface area is 166 Å². The molecular formula is C22H17N5O2. The fourth-order valence-electron chi connectivity index (χ4n) is 2.80. The van der Waals surface area contributed by atoms with Crippen LogP contribution >= 0.6 is 0 Å². The van der Waals surface area contributed by atoms with Gasteiger partial charge in [-0.05, 0) is 48.5 Å². The fraction of sp³-hybridized carbons (Fsp3) is 0. The summed E-state index contributed by atoms with van der Waals surface area (Å²) in [5.41, 5.74) is 8.55. The predicted molar refractivity (Wildman–Crippen MR) is 111 cm³/mol. The fourth-order valence-corrected chi connectivity index (χ4v) is 2.80. The quantitative estimate of drug-likeness (QED) is 0.457. The molecule has 0 aliphatic rings. The van der Waals surface area contributed by atoms with Gasteiger partial charge in [0.15, 0.2) is 0 Å². The van der Waals surface area contributed by atoms with Gasteiger partial charge >= 0.3 is 0 Å². The number of nitrogens with one attached hydrogen (secondary N) is 3. The van der Waals surface area contributed by atoms with Crippen LogP contribution in [-0.4, -0.2) is 21.8 Å². The van der Waals surface area contributed by atoms with E-state index in [1.54, 1.807) is 60.9 Å². The highest BCUT2D eigenvalue weighted by molar-refractivity contribution is 6.03. The molecule has 0 atom stereocenters. The molecule has 2 aromatic heterocycles. The van der Waals surface area contributed by atoms with Crippen molar-refractivity contribution in [2.45, 2.75) is 0 Å². The SMILES string of the molecule is O=C(NNc1ccnc2ccccc12)c1ccc(NC(=O)c2ccccn2)cc1. The minimum absolute atomic E-state index is 0.298. The maximum atomic E-state index is 12.4. The van der Waals surface area contributed by atoms with E-state index in [9.17, 15) is 9.59 Å². The topological polar surface area (TPSA) is 96.0 Å². The first-order chi connectivity index (χ1) is 14.2. The first-order valence-corrected chi connectivity index (χ1v) is 8.93. The van der Waals surface area contributed by atoms with Crippen LogP contribution in [-0.2, 0) is 0 Å². The largest absolute Gasteiger partial charge is 0.321 e. The van der Waals surface area contributed by atoms with E-state index in [1.165, 1.54) is 0 Å². The lowest BCUT2D eigenvalue weighted by atomic mass is 10.2. The molecule has 0 aliphatic heterocycles. The van der Waals surface area contributed by atoms with E-state index in [2.05, 4.69) is 26.1 Å². The standard InChI is InChI=1S/C22H17N5O2/c28-21(27-26-19-12-14-24-18-6-2-1-5-17(18)19)15-8-10-16(11-9-15)25-22(29)20-7-3-4-13-23-20/h1-14H,(H,24,26)(H,25,29)(H,27,28). The number of hydrogen-bond acceptors (Lipinski definition) is 5. The van der Waals surface area contributed by atoms with Gasteiger partial charge in [-0.3, -0.25) is 30.4 Å². The molecule has 0 fully saturated rings. The van der Waals surface area contributed by atoms with Crippen molar-refractivity contribution in [3.8, 4) is 0 Å². The van der Waals surface area contributed by atoms with Gasteiger partial charge in [-0.15, -0.1) is 0 Å². The molecule has 7 heteroatoms. The lowest BCUT2D eigenvalue weighted by molar-refractivity contribution is 0.0962. The normalized spacial score (nSPS) is 10.3. The summed E-state index contributed by atoms with van der Waals surface area (Å²) < 4.78 is 0. The number of carbonyl (C=O) groups is 2. The molecule has 0 radical (unpaired) electrons. The number of hydrazine groups is 1. The van der Waals surface area contributed by atoms with Crippen LogP contribution in [0.2, 0.25) is 0 Å². The summed E-state index contributed by atoms with van der Waals surface area (Å²) in [7, 11) is 0. The van der Waals surface area contributed by atoms with Crippen LogP contribution in [0.3, 0.4) is 0 Å². The van der Waals surface area contributed by atoms with Gasteiger partial charge < -0.3 is 5.32 Å². The third-order valence-corrected chi connectivity index (χ3v) is 4.26. The van der Waals surface area contributed by atoms with E-state index >= 15 is 0 Å². The molecule has 2 aromatic carbocycles. The van der Waals surface area contributed by atoms with Crippen molar-refractivity contribution in [2.24, 2.45) is 0 Å². The Bertz CT molecular complexity index is 1160.